The Balaban J connectivity index is 2.25. The molecule has 0 amide bonds. The van der Waals surface area contributed by atoms with Crippen molar-refractivity contribution in [3.63, 3.8) is 0 Å². The van der Waals surface area contributed by atoms with Gasteiger partial charge in [0.15, 0.2) is 5.82 Å². The van der Waals surface area contributed by atoms with Crippen molar-refractivity contribution in [2.75, 3.05) is 18.0 Å². The second-order valence-corrected chi connectivity index (χ2v) is 5.73. The van der Waals surface area contributed by atoms with E-state index in [1.54, 1.807) is 0 Å². The quantitative estimate of drug-likeness (QED) is 0.818. The number of halogens is 1. The summed E-state index contributed by atoms with van der Waals surface area (Å²) in [5.74, 6) is 0.607. The van der Waals surface area contributed by atoms with Crippen LogP contribution in [0.5, 0.6) is 0 Å². The molecule has 1 heterocycles. The first-order valence-electron chi connectivity index (χ1n) is 7.44. The summed E-state index contributed by atoms with van der Waals surface area (Å²) >= 11 is 6.15. The highest BCUT2D eigenvalue weighted by Crippen LogP contribution is 2.28. The molecule has 0 unspecified atom stereocenters. The lowest BCUT2D eigenvalue weighted by Crippen LogP contribution is -2.38. The maximum absolute atomic E-state index is 11.7. The molecule has 0 atom stereocenters. The Bertz CT molecular complexity index is 468. The van der Waals surface area contributed by atoms with Gasteiger partial charge in [-0.15, -0.1) is 0 Å². The molecule has 6 heteroatoms. The van der Waals surface area contributed by atoms with Crippen molar-refractivity contribution >= 4 is 17.4 Å². The molecule has 0 aromatic carbocycles. The Kier molecular flexibility index (Phi) is 5.86. The second-order valence-electron chi connectivity index (χ2n) is 5.35. The van der Waals surface area contributed by atoms with Gasteiger partial charge in [-0.3, -0.25) is 4.79 Å². The van der Waals surface area contributed by atoms with E-state index in [-0.39, 0.29) is 10.6 Å². The maximum atomic E-state index is 11.7. The molecule has 1 fully saturated rings. The van der Waals surface area contributed by atoms with Gasteiger partial charge in [-0.25, -0.2) is 4.98 Å². The summed E-state index contributed by atoms with van der Waals surface area (Å²) in [5.41, 5.74) is 5.36. The van der Waals surface area contributed by atoms with Gasteiger partial charge in [-0.2, -0.15) is 0 Å². The SMILES string of the molecule is NCCCN(c1nc[nH]c(=O)c1Cl)C1CCCCCC1. The molecular formula is C14H23ClN4O. The van der Waals surface area contributed by atoms with E-state index in [0.717, 1.165) is 25.8 Å². The molecule has 20 heavy (non-hydrogen) atoms. The molecule has 0 spiro atoms. The van der Waals surface area contributed by atoms with Gasteiger partial charge in [0.1, 0.15) is 5.02 Å². The molecule has 1 aliphatic rings. The second kappa shape index (κ2) is 7.64. The normalized spacial score (nSPS) is 16.9. The Hall–Kier alpha value is -1.07. The summed E-state index contributed by atoms with van der Waals surface area (Å²) in [4.78, 5) is 20.7. The average Bonchev–Trinajstić information content (AvgIpc) is 2.73. The summed E-state index contributed by atoms with van der Waals surface area (Å²) < 4.78 is 0. The minimum atomic E-state index is -0.275. The van der Waals surface area contributed by atoms with Crippen LogP contribution in [0.2, 0.25) is 5.02 Å². The number of nitrogens with one attached hydrogen (secondary N) is 1. The minimum Gasteiger partial charge on any atom is -0.352 e. The van der Waals surface area contributed by atoms with Crippen LogP contribution in [0.1, 0.15) is 44.9 Å². The predicted octanol–water partition coefficient (Wildman–Crippen LogP) is 2.30. The van der Waals surface area contributed by atoms with Crippen molar-refractivity contribution < 1.29 is 0 Å². The molecule has 0 radical (unpaired) electrons. The third-order valence-corrected chi connectivity index (χ3v) is 4.26. The highest BCUT2D eigenvalue weighted by atomic mass is 35.5. The van der Waals surface area contributed by atoms with E-state index in [0.29, 0.717) is 18.4 Å². The first-order chi connectivity index (χ1) is 9.74. The standard InChI is InChI=1S/C14H23ClN4O/c15-12-13(17-10-18-14(12)20)19(9-5-8-16)11-6-3-1-2-4-7-11/h10-11H,1-9,16H2,(H,17,18,20). The van der Waals surface area contributed by atoms with Crippen LogP contribution < -0.4 is 16.2 Å². The van der Waals surface area contributed by atoms with Crippen LogP contribution in [0.3, 0.4) is 0 Å². The average molecular weight is 299 g/mol. The number of hydrogen-bond acceptors (Lipinski definition) is 4. The molecule has 1 aromatic rings. The largest absolute Gasteiger partial charge is 0.352 e. The number of hydrogen-bond donors (Lipinski definition) is 2. The van der Waals surface area contributed by atoms with Gasteiger partial charge in [0.05, 0.1) is 6.33 Å². The summed E-state index contributed by atoms with van der Waals surface area (Å²) in [6.07, 6.45) is 9.60. The first kappa shape index (κ1) is 15.3. The topological polar surface area (TPSA) is 75.0 Å². The number of aromatic nitrogens is 2. The van der Waals surface area contributed by atoms with E-state index in [1.807, 2.05) is 0 Å². The van der Waals surface area contributed by atoms with Gasteiger partial charge in [-0.05, 0) is 25.8 Å². The van der Waals surface area contributed by atoms with Crippen LogP contribution in [0, 0.1) is 0 Å². The highest BCUT2D eigenvalue weighted by Gasteiger charge is 2.23. The Morgan fingerprint density at radius 2 is 2.05 bits per heavy atom. The van der Waals surface area contributed by atoms with Crippen molar-refractivity contribution in [1.29, 1.82) is 0 Å². The van der Waals surface area contributed by atoms with E-state index in [4.69, 9.17) is 17.3 Å². The van der Waals surface area contributed by atoms with Crippen molar-refractivity contribution in [2.24, 2.45) is 5.73 Å². The van der Waals surface area contributed by atoms with E-state index in [1.165, 1.54) is 32.0 Å². The van der Waals surface area contributed by atoms with Crippen LogP contribution in [0.15, 0.2) is 11.1 Å². The van der Waals surface area contributed by atoms with Crippen LogP contribution in [0.4, 0.5) is 5.82 Å². The van der Waals surface area contributed by atoms with E-state index >= 15 is 0 Å². The number of nitrogens with two attached hydrogens (primary N) is 1. The van der Waals surface area contributed by atoms with Gasteiger partial charge in [0.25, 0.3) is 5.56 Å². The lowest BCUT2D eigenvalue weighted by Gasteiger charge is -2.32. The summed E-state index contributed by atoms with van der Waals surface area (Å²) in [5, 5.41) is 0.189. The van der Waals surface area contributed by atoms with Gasteiger partial charge < -0.3 is 15.6 Å². The number of H-pyrrole nitrogens is 1. The van der Waals surface area contributed by atoms with Gasteiger partial charge in [0.2, 0.25) is 0 Å². The fraction of sp³-hybridized carbons (Fsp3) is 0.714. The molecule has 0 aliphatic heterocycles. The molecule has 112 valence electrons. The van der Waals surface area contributed by atoms with Crippen molar-refractivity contribution in [3.05, 3.63) is 21.7 Å². The minimum absolute atomic E-state index is 0.189. The number of rotatable bonds is 5. The van der Waals surface area contributed by atoms with Crippen molar-refractivity contribution in [3.8, 4) is 0 Å². The molecule has 1 aliphatic carbocycles. The number of nitrogens with zero attached hydrogens (tertiary/aromatic N) is 2. The van der Waals surface area contributed by atoms with Crippen LogP contribution >= 0.6 is 11.6 Å². The lowest BCUT2D eigenvalue weighted by atomic mass is 10.1. The summed E-state index contributed by atoms with van der Waals surface area (Å²) in [7, 11) is 0. The molecular weight excluding hydrogens is 276 g/mol. The van der Waals surface area contributed by atoms with Crippen LogP contribution in [0.25, 0.3) is 0 Å². The predicted molar refractivity (Wildman–Crippen MR) is 82.4 cm³/mol. The third kappa shape index (κ3) is 3.73. The Labute approximate surface area is 124 Å². The zero-order valence-corrected chi connectivity index (χ0v) is 12.5. The smallest absolute Gasteiger partial charge is 0.271 e. The number of anilines is 1. The summed E-state index contributed by atoms with van der Waals surface area (Å²) in [6, 6.07) is 0.413. The monoisotopic (exact) mass is 298 g/mol. The summed E-state index contributed by atoms with van der Waals surface area (Å²) in [6.45, 7) is 1.43. The zero-order chi connectivity index (χ0) is 14.4. The van der Waals surface area contributed by atoms with E-state index < -0.39 is 0 Å². The van der Waals surface area contributed by atoms with Crippen LogP contribution in [-0.4, -0.2) is 29.1 Å². The Morgan fingerprint density at radius 3 is 2.70 bits per heavy atom. The fourth-order valence-electron chi connectivity index (χ4n) is 2.87. The van der Waals surface area contributed by atoms with Gasteiger partial charge in [0, 0.05) is 12.6 Å². The van der Waals surface area contributed by atoms with Crippen LogP contribution in [-0.2, 0) is 0 Å². The maximum Gasteiger partial charge on any atom is 0.271 e. The zero-order valence-electron chi connectivity index (χ0n) is 11.8. The molecule has 5 nitrogen and oxygen atoms in total. The van der Waals surface area contributed by atoms with Crippen molar-refractivity contribution in [2.45, 2.75) is 51.0 Å². The first-order valence-corrected chi connectivity index (χ1v) is 7.81. The molecule has 3 N–H and O–H groups in total. The molecule has 1 saturated carbocycles. The molecule has 2 rings (SSSR count). The fourth-order valence-corrected chi connectivity index (χ4v) is 3.08. The third-order valence-electron chi connectivity index (χ3n) is 3.92. The Morgan fingerprint density at radius 1 is 1.35 bits per heavy atom. The van der Waals surface area contributed by atoms with Gasteiger partial charge >= 0.3 is 0 Å². The van der Waals surface area contributed by atoms with Crippen molar-refractivity contribution in [1.82, 2.24) is 9.97 Å². The molecule has 0 bridgehead atoms. The lowest BCUT2D eigenvalue weighted by molar-refractivity contribution is 0.514. The highest BCUT2D eigenvalue weighted by molar-refractivity contribution is 6.32. The molecule has 1 aromatic heterocycles. The molecule has 0 saturated heterocycles. The van der Waals surface area contributed by atoms with Gasteiger partial charge in [-0.1, -0.05) is 37.3 Å². The van der Waals surface area contributed by atoms with E-state index in [9.17, 15) is 4.79 Å². The number of aromatic amines is 1. The van der Waals surface area contributed by atoms with E-state index in [2.05, 4.69) is 14.9 Å².